The highest BCUT2D eigenvalue weighted by Gasteiger charge is 2.15. The zero-order valence-electron chi connectivity index (χ0n) is 16.4. The molecule has 31 heavy (non-hydrogen) atoms. The van der Waals surface area contributed by atoms with Gasteiger partial charge in [-0.1, -0.05) is 12.1 Å². The van der Waals surface area contributed by atoms with E-state index in [-0.39, 0.29) is 12.3 Å². The van der Waals surface area contributed by atoms with Crippen LogP contribution in [0.3, 0.4) is 0 Å². The molecular formula is C23H17N5O3. The molecule has 3 heterocycles. The molecule has 2 N–H and O–H groups in total. The average Bonchev–Trinajstić information content (AvgIpc) is 3.20. The number of nitrogens with zero attached hydrogens (tertiary/aromatic N) is 3. The summed E-state index contributed by atoms with van der Waals surface area (Å²) in [6.07, 6.45) is 3.35. The molecule has 5 rings (SSSR count). The van der Waals surface area contributed by atoms with Crippen molar-refractivity contribution < 1.29 is 14.3 Å². The number of fused-ring (bicyclic) bond motifs is 2. The summed E-state index contributed by atoms with van der Waals surface area (Å²) in [5.41, 5.74) is 3.70. The molecule has 152 valence electrons. The minimum absolute atomic E-state index is 0.174. The monoisotopic (exact) mass is 411 g/mol. The molecule has 8 nitrogen and oxygen atoms in total. The van der Waals surface area contributed by atoms with Crippen molar-refractivity contribution in [1.82, 2.24) is 15.2 Å². The summed E-state index contributed by atoms with van der Waals surface area (Å²) >= 11 is 0. The van der Waals surface area contributed by atoms with Gasteiger partial charge < -0.3 is 14.8 Å². The van der Waals surface area contributed by atoms with E-state index >= 15 is 0 Å². The van der Waals surface area contributed by atoms with Gasteiger partial charge in [0.2, 0.25) is 5.91 Å². The van der Waals surface area contributed by atoms with E-state index < -0.39 is 0 Å². The molecule has 8 heteroatoms. The molecule has 1 amide bonds. The Morgan fingerprint density at radius 3 is 2.87 bits per heavy atom. The van der Waals surface area contributed by atoms with E-state index in [2.05, 4.69) is 26.6 Å². The number of nitriles is 1. The van der Waals surface area contributed by atoms with E-state index in [4.69, 9.17) is 9.47 Å². The van der Waals surface area contributed by atoms with Gasteiger partial charge in [0, 0.05) is 23.3 Å². The number of aromatic amines is 1. The largest absolute Gasteiger partial charge is 0.486 e. The number of nitrogens with one attached hydrogen (secondary N) is 2. The molecule has 4 aromatic rings. The molecule has 0 unspecified atom stereocenters. The first-order chi connectivity index (χ1) is 15.2. The molecule has 1 aliphatic rings. The zero-order chi connectivity index (χ0) is 21.2. The summed E-state index contributed by atoms with van der Waals surface area (Å²) in [4.78, 5) is 16.7. The molecule has 0 fully saturated rings. The van der Waals surface area contributed by atoms with Gasteiger partial charge in [-0.3, -0.25) is 14.9 Å². The van der Waals surface area contributed by atoms with Gasteiger partial charge in [0.05, 0.1) is 17.5 Å². The highest BCUT2D eigenvalue weighted by Crippen LogP contribution is 2.31. The fourth-order valence-electron chi connectivity index (χ4n) is 3.57. The molecule has 0 radical (unpaired) electrons. The Morgan fingerprint density at radius 2 is 2.00 bits per heavy atom. The summed E-state index contributed by atoms with van der Waals surface area (Å²) < 4.78 is 11.1. The van der Waals surface area contributed by atoms with Crippen molar-refractivity contribution in [3.63, 3.8) is 0 Å². The van der Waals surface area contributed by atoms with Crippen LogP contribution in [-0.4, -0.2) is 34.3 Å². The Morgan fingerprint density at radius 1 is 1.13 bits per heavy atom. The first-order valence-electron chi connectivity index (χ1n) is 9.72. The predicted octanol–water partition coefficient (Wildman–Crippen LogP) is 3.45. The third kappa shape index (κ3) is 3.65. The van der Waals surface area contributed by atoms with Crippen molar-refractivity contribution in [2.24, 2.45) is 0 Å². The van der Waals surface area contributed by atoms with Crippen LogP contribution in [0.15, 0.2) is 54.9 Å². The maximum atomic E-state index is 12.7. The molecular weight excluding hydrogens is 394 g/mol. The average molecular weight is 411 g/mol. The quantitative estimate of drug-likeness (QED) is 0.532. The van der Waals surface area contributed by atoms with E-state index in [0.717, 1.165) is 27.6 Å². The van der Waals surface area contributed by atoms with Crippen molar-refractivity contribution in [2.75, 3.05) is 18.5 Å². The lowest BCUT2D eigenvalue weighted by molar-refractivity contribution is -0.115. The van der Waals surface area contributed by atoms with Crippen LogP contribution < -0.4 is 14.8 Å². The predicted molar refractivity (Wildman–Crippen MR) is 114 cm³/mol. The number of anilines is 1. The van der Waals surface area contributed by atoms with Gasteiger partial charge in [-0.15, -0.1) is 0 Å². The van der Waals surface area contributed by atoms with E-state index in [9.17, 15) is 10.1 Å². The smallest absolute Gasteiger partial charge is 0.230 e. The molecule has 0 saturated carbocycles. The molecule has 2 aromatic heterocycles. The van der Waals surface area contributed by atoms with Crippen LogP contribution >= 0.6 is 0 Å². The zero-order valence-corrected chi connectivity index (χ0v) is 16.4. The second-order valence-corrected chi connectivity index (χ2v) is 7.07. The standard InChI is InChI=1S/C23H17N5O3/c24-12-16-13-25-6-5-17(16)15-2-3-19-18(11-15)23(28-27-19)26-22(29)10-14-1-4-20-21(9-14)31-8-7-30-20/h1-6,9,11,13H,7-8,10H2,(H2,26,27,28,29). The number of rotatable bonds is 4. The summed E-state index contributed by atoms with van der Waals surface area (Å²) in [5, 5.41) is 20.2. The second-order valence-electron chi connectivity index (χ2n) is 7.07. The molecule has 0 bridgehead atoms. The Labute approximate surface area is 177 Å². The maximum Gasteiger partial charge on any atom is 0.230 e. The van der Waals surface area contributed by atoms with Crippen LogP contribution in [0.4, 0.5) is 5.82 Å². The van der Waals surface area contributed by atoms with Crippen molar-refractivity contribution in [2.45, 2.75) is 6.42 Å². The number of benzene rings is 2. The molecule has 0 aliphatic carbocycles. The number of carbonyl (C=O) groups is 1. The topological polar surface area (TPSA) is 113 Å². The Kier molecular flexibility index (Phi) is 4.69. The SMILES string of the molecule is N#Cc1cnccc1-c1ccc2[nH]nc(NC(=O)Cc3ccc4c(c3)OCCO4)c2c1. The normalized spacial score (nSPS) is 12.4. The third-order valence-corrected chi connectivity index (χ3v) is 5.04. The van der Waals surface area contributed by atoms with Crippen LogP contribution in [0.1, 0.15) is 11.1 Å². The lowest BCUT2D eigenvalue weighted by Gasteiger charge is -2.18. The van der Waals surface area contributed by atoms with Crippen molar-refractivity contribution in [3.05, 3.63) is 66.0 Å². The van der Waals surface area contributed by atoms with Gasteiger partial charge in [0.15, 0.2) is 17.3 Å². The fourth-order valence-corrected chi connectivity index (χ4v) is 3.57. The molecule has 0 spiro atoms. The molecule has 0 saturated heterocycles. The van der Waals surface area contributed by atoms with Gasteiger partial charge >= 0.3 is 0 Å². The first-order valence-corrected chi connectivity index (χ1v) is 9.72. The highest BCUT2D eigenvalue weighted by molar-refractivity contribution is 6.01. The van der Waals surface area contributed by atoms with E-state index in [1.54, 1.807) is 12.3 Å². The van der Waals surface area contributed by atoms with Gasteiger partial charge in [-0.05, 0) is 41.5 Å². The summed E-state index contributed by atoms with van der Waals surface area (Å²) in [6.45, 7) is 1.02. The number of pyridine rings is 1. The number of hydrogen-bond acceptors (Lipinski definition) is 6. The number of hydrogen-bond donors (Lipinski definition) is 2. The van der Waals surface area contributed by atoms with E-state index in [1.807, 2.05) is 36.4 Å². The highest BCUT2D eigenvalue weighted by atomic mass is 16.6. The first kappa shape index (κ1) is 18.6. The van der Waals surface area contributed by atoms with Crippen LogP contribution in [0.25, 0.3) is 22.0 Å². The van der Waals surface area contributed by atoms with Crippen molar-refractivity contribution >= 4 is 22.6 Å². The Bertz CT molecular complexity index is 1340. The third-order valence-electron chi connectivity index (χ3n) is 5.04. The Hall–Kier alpha value is -4.38. The van der Waals surface area contributed by atoms with Gasteiger partial charge in [-0.25, -0.2) is 0 Å². The number of H-pyrrole nitrogens is 1. The number of ether oxygens (including phenoxy) is 2. The van der Waals surface area contributed by atoms with Crippen LogP contribution in [-0.2, 0) is 11.2 Å². The van der Waals surface area contributed by atoms with Gasteiger partial charge in [0.25, 0.3) is 0 Å². The minimum atomic E-state index is -0.197. The minimum Gasteiger partial charge on any atom is -0.486 e. The van der Waals surface area contributed by atoms with Crippen LogP contribution in [0, 0.1) is 11.3 Å². The van der Waals surface area contributed by atoms with Crippen molar-refractivity contribution in [3.8, 4) is 28.7 Å². The summed E-state index contributed by atoms with van der Waals surface area (Å²) in [7, 11) is 0. The summed E-state index contributed by atoms with van der Waals surface area (Å²) in [6, 6.07) is 15.1. The number of amides is 1. The van der Waals surface area contributed by atoms with E-state index in [1.165, 1.54) is 6.20 Å². The van der Waals surface area contributed by atoms with Gasteiger partial charge in [0.1, 0.15) is 19.3 Å². The van der Waals surface area contributed by atoms with E-state index in [0.29, 0.717) is 36.1 Å². The molecule has 1 aliphatic heterocycles. The number of aromatic nitrogens is 3. The van der Waals surface area contributed by atoms with Gasteiger partial charge in [-0.2, -0.15) is 10.4 Å². The summed E-state index contributed by atoms with van der Waals surface area (Å²) in [5.74, 6) is 1.58. The van der Waals surface area contributed by atoms with Crippen LogP contribution in [0.2, 0.25) is 0 Å². The number of carbonyl (C=O) groups excluding carboxylic acids is 1. The Balaban J connectivity index is 1.39. The maximum absolute atomic E-state index is 12.7. The molecule has 0 atom stereocenters. The fraction of sp³-hybridized carbons (Fsp3) is 0.130. The lowest BCUT2D eigenvalue weighted by atomic mass is 10.0. The van der Waals surface area contributed by atoms with Crippen molar-refractivity contribution in [1.29, 1.82) is 5.26 Å². The second kappa shape index (κ2) is 7.80. The van der Waals surface area contributed by atoms with Crippen LogP contribution in [0.5, 0.6) is 11.5 Å². The lowest BCUT2D eigenvalue weighted by Crippen LogP contribution is -2.17. The molecule has 2 aromatic carbocycles.